The summed E-state index contributed by atoms with van der Waals surface area (Å²) < 4.78 is 20.0. The number of nitrogens with two attached hydrogens (primary N) is 1. The van der Waals surface area contributed by atoms with Crippen LogP contribution < -0.4 is 21.1 Å². The lowest BCUT2D eigenvalue weighted by Gasteiger charge is -2.18. The van der Waals surface area contributed by atoms with Gasteiger partial charge < -0.3 is 26.2 Å². The standard InChI is InChI=1S/C20H20FN5O4S/c1-9-15-18(23-8-24-19(15)31-16(9)17(22)27)26-13-5-2-10(21)6-14(13)30-12-4-3-11(7-12)25-20(28)29/h2,5-6,8,11-12,25H,3-4,7H2,1H3,(H2,22,27)(H,28,29)(H,23,24,26)/t11-,12-/m0/s1. The summed E-state index contributed by atoms with van der Waals surface area (Å²) in [7, 11) is 0. The van der Waals surface area contributed by atoms with Gasteiger partial charge in [-0.25, -0.2) is 19.2 Å². The summed E-state index contributed by atoms with van der Waals surface area (Å²) in [6.45, 7) is 1.77. The highest BCUT2D eigenvalue weighted by Crippen LogP contribution is 2.37. The number of aromatic nitrogens is 2. The molecule has 5 N–H and O–H groups in total. The van der Waals surface area contributed by atoms with Gasteiger partial charge >= 0.3 is 6.09 Å². The van der Waals surface area contributed by atoms with Crippen molar-refractivity contribution in [2.24, 2.45) is 5.73 Å². The largest absolute Gasteiger partial charge is 0.488 e. The second-order valence-corrected chi connectivity index (χ2v) is 8.29. The van der Waals surface area contributed by atoms with Crippen LogP contribution in [-0.2, 0) is 0 Å². The number of benzene rings is 1. The number of carbonyl (C=O) groups is 2. The third-order valence-corrected chi connectivity index (χ3v) is 6.37. The van der Waals surface area contributed by atoms with Crippen LogP contribution in [-0.4, -0.2) is 39.2 Å². The van der Waals surface area contributed by atoms with Gasteiger partial charge in [-0.05, 0) is 37.5 Å². The summed E-state index contributed by atoms with van der Waals surface area (Å²) in [6.07, 6.45) is 1.82. The third-order valence-electron chi connectivity index (χ3n) is 5.15. The first-order valence-corrected chi connectivity index (χ1v) is 10.4. The fourth-order valence-corrected chi connectivity index (χ4v) is 4.76. The van der Waals surface area contributed by atoms with Crippen LogP contribution in [0.4, 0.5) is 20.7 Å². The van der Waals surface area contributed by atoms with Crippen molar-refractivity contribution in [3.05, 3.63) is 40.8 Å². The highest BCUT2D eigenvalue weighted by Gasteiger charge is 2.28. The van der Waals surface area contributed by atoms with E-state index in [0.29, 0.717) is 51.4 Å². The van der Waals surface area contributed by atoms with Gasteiger partial charge in [-0.2, -0.15) is 0 Å². The molecule has 1 aliphatic rings. The van der Waals surface area contributed by atoms with E-state index in [2.05, 4.69) is 20.6 Å². The first kappa shape index (κ1) is 20.8. The zero-order valence-electron chi connectivity index (χ0n) is 16.5. The van der Waals surface area contributed by atoms with E-state index >= 15 is 0 Å². The summed E-state index contributed by atoms with van der Waals surface area (Å²) in [4.78, 5) is 32.0. The summed E-state index contributed by atoms with van der Waals surface area (Å²) in [5, 5.41) is 15.2. The van der Waals surface area contributed by atoms with E-state index in [1.54, 1.807) is 6.92 Å². The molecule has 1 fully saturated rings. The molecule has 1 aromatic carbocycles. The van der Waals surface area contributed by atoms with Crippen LogP contribution in [0.3, 0.4) is 0 Å². The predicted octanol–water partition coefficient (Wildman–Crippen LogP) is 3.55. The molecule has 2 atom stereocenters. The number of halogens is 1. The number of hydrogen-bond donors (Lipinski definition) is 4. The van der Waals surface area contributed by atoms with Gasteiger partial charge in [0.05, 0.1) is 16.0 Å². The quantitative estimate of drug-likeness (QED) is 0.455. The summed E-state index contributed by atoms with van der Waals surface area (Å²) in [5.41, 5.74) is 6.61. The Morgan fingerprint density at radius 2 is 2.13 bits per heavy atom. The second kappa shape index (κ2) is 8.34. The van der Waals surface area contributed by atoms with Crippen LogP contribution in [0.1, 0.15) is 34.5 Å². The molecule has 31 heavy (non-hydrogen) atoms. The molecule has 1 aliphatic carbocycles. The van der Waals surface area contributed by atoms with E-state index in [0.717, 1.165) is 0 Å². The average Bonchev–Trinajstić information content (AvgIpc) is 3.28. The number of ether oxygens (including phenoxy) is 1. The molecule has 0 unspecified atom stereocenters. The van der Waals surface area contributed by atoms with Gasteiger partial charge in [-0.1, -0.05) is 0 Å². The zero-order valence-corrected chi connectivity index (χ0v) is 17.3. The number of anilines is 2. The maximum absolute atomic E-state index is 13.9. The Balaban J connectivity index is 1.62. The Bertz CT molecular complexity index is 1170. The molecule has 11 heteroatoms. The topological polar surface area (TPSA) is 139 Å². The van der Waals surface area contributed by atoms with Gasteiger partial charge in [-0.15, -0.1) is 11.3 Å². The maximum Gasteiger partial charge on any atom is 0.404 e. The van der Waals surface area contributed by atoms with Crippen molar-refractivity contribution in [1.29, 1.82) is 0 Å². The van der Waals surface area contributed by atoms with Crippen LogP contribution in [0.2, 0.25) is 0 Å². The molecule has 162 valence electrons. The van der Waals surface area contributed by atoms with E-state index in [4.69, 9.17) is 15.6 Å². The van der Waals surface area contributed by atoms with Crippen LogP contribution in [0, 0.1) is 12.7 Å². The van der Waals surface area contributed by atoms with Crippen molar-refractivity contribution in [3.8, 4) is 5.75 Å². The van der Waals surface area contributed by atoms with Crippen LogP contribution >= 0.6 is 11.3 Å². The average molecular weight is 445 g/mol. The fraction of sp³-hybridized carbons (Fsp3) is 0.300. The molecule has 1 saturated carbocycles. The Morgan fingerprint density at radius 1 is 1.32 bits per heavy atom. The van der Waals surface area contributed by atoms with Crippen molar-refractivity contribution in [1.82, 2.24) is 15.3 Å². The number of nitrogens with one attached hydrogen (secondary N) is 2. The molecule has 0 aliphatic heterocycles. The maximum atomic E-state index is 13.9. The minimum atomic E-state index is -1.08. The van der Waals surface area contributed by atoms with Crippen LogP contribution in [0.25, 0.3) is 10.2 Å². The summed E-state index contributed by atoms with van der Waals surface area (Å²) >= 11 is 1.18. The number of aryl methyl sites for hydroxylation is 1. The second-order valence-electron chi connectivity index (χ2n) is 7.29. The van der Waals surface area contributed by atoms with Gasteiger partial charge in [0.2, 0.25) is 0 Å². The monoisotopic (exact) mass is 445 g/mol. The molecule has 9 nitrogen and oxygen atoms in total. The van der Waals surface area contributed by atoms with Crippen molar-refractivity contribution < 1.29 is 23.8 Å². The molecule has 2 aromatic heterocycles. The Kier molecular flexibility index (Phi) is 5.59. The molecular formula is C20H20FN5O4S. The molecule has 2 amide bonds. The van der Waals surface area contributed by atoms with Crippen molar-refractivity contribution >= 4 is 45.1 Å². The van der Waals surface area contributed by atoms with Gasteiger partial charge in [0, 0.05) is 18.5 Å². The lowest BCUT2D eigenvalue weighted by atomic mass is 10.2. The van der Waals surface area contributed by atoms with E-state index in [1.807, 2.05) is 0 Å². The van der Waals surface area contributed by atoms with Gasteiger partial charge in [0.25, 0.3) is 5.91 Å². The smallest absolute Gasteiger partial charge is 0.404 e. The number of primary amides is 1. The van der Waals surface area contributed by atoms with E-state index in [9.17, 15) is 14.0 Å². The summed E-state index contributed by atoms with van der Waals surface area (Å²) in [6, 6.07) is 3.91. The lowest BCUT2D eigenvalue weighted by Crippen LogP contribution is -2.32. The number of carboxylic acid groups (broad SMARTS) is 1. The number of carbonyl (C=O) groups excluding carboxylic acids is 1. The highest BCUT2D eigenvalue weighted by molar-refractivity contribution is 7.20. The predicted molar refractivity (Wildman–Crippen MR) is 114 cm³/mol. The van der Waals surface area contributed by atoms with E-state index in [1.165, 1.54) is 35.9 Å². The number of nitrogens with zero attached hydrogens (tertiary/aromatic N) is 2. The first-order chi connectivity index (χ1) is 14.8. The van der Waals surface area contributed by atoms with Gasteiger partial charge in [0.1, 0.15) is 34.6 Å². The summed E-state index contributed by atoms with van der Waals surface area (Å²) in [5.74, 6) is -0.271. The number of rotatable bonds is 6. The molecule has 0 bridgehead atoms. The number of fused-ring (bicyclic) bond motifs is 1. The minimum Gasteiger partial charge on any atom is -0.488 e. The van der Waals surface area contributed by atoms with E-state index < -0.39 is 17.8 Å². The van der Waals surface area contributed by atoms with Crippen molar-refractivity contribution in [2.75, 3.05) is 5.32 Å². The van der Waals surface area contributed by atoms with Crippen molar-refractivity contribution in [2.45, 2.75) is 38.3 Å². The lowest BCUT2D eigenvalue weighted by molar-refractivity contribution is 0.100. The zero-order chi connectivity index (χ0) is 22.1. The molecule has 4 rings (SSSR count). The van der Waals surface area contributed by atoms with E-state index in [-0.39, 0.29) is 17.9 Å². The third kappa shape index (κ3) is 4.36. The SMILES string of the molecule is Cc1c(C(N)=O)sc2ncnc(Nc3ccc(F)cc3O[C@H]3CC[C@H](NC(=O)O)C3)c12. The molecule has 0 saturated heterocycles. The molecule has 3 aromatic rings. The minimum absolute atomic E-state index is 0.199. The Morgan fingerprint density at radius 3 is 2.87 bits per heavy atom. The molecular weight excluding hydrogens is 425 g/mol. The number of amides is 2. The molecule has 0 radical (unpaired) electrons. The first-order valence-electron chi connectivity index (χ1n) is 9.58. The van der Waals surface area contributed by atoms with Crippen LogP contribution in [0.15, 0.2) is 24.5 Å². The van der Waals surface area contributed by atoms with Crippen molar-refractivity contribution in [3.63, 3.8) is 0 Å². The normalized spacial score (nSPS) is 18.1. The fourth-order valence-electron chi connectivity index (χ4n) is 3.76. The molecule has 2 heterocycles. The highest BCUT2D eigenvalue weighted by atomic mass is 32.1. The number of hydrogen-bond acceptors (Lipinski definition) is 7. The number of thiophene rings is 1. The van der Waals surface area contributed by atoms with Gasteiger partial charge in [0.15, 0.2) is 0 Å². The Hall–Kier alpha value is -3.47. The Labute approximate surface area is 180 Å². The van der Waals surface area contributed by atoms with Crippen LogP contribution in [0.5, 0.6) is 5.75 Å². The van der Waals surface area contributed by atoms with Gasteiger partial charge in [-0.3, -0.25) is 4.79 Å². The molecule has 0 spiro atoms.